The number of amides is 1. The van der Waals surface area contributed by atoms with E-state index >= 15 is 0 Å². The molecule has 0 saturated carbocycles. The van der Waals surface area contributed by atoms with Crippen LogP contribution in [0.4, 0.5) is 11.5 Å². The molecule has 4 rings (SSSR count). The van der Waals surface area contributed by atoms with Crippen LogP contribution in [-0.2, 0) is 0 Å². The lowest BCUT2D eigenvalue weighted by atomic mass is 10.1. The summed E-state index contributed by atoms with van der Waals surface area (Å²) < 4.78 is 11.2. The monoisotopic (exact) mass is 415 g/mol. The molecule has 1 amide bonds. The van der Waals surface area contributed by atoms with Gasteiger partial charge in [-0.05, 0) is 37.3 Å². The van der Waals surface area contributed by atoms with E-state index in [2.05, 4.69) is 10.3 Å². The summed E-state index contributed by atoms with van der Waals surface area (Å²) in [7, 11) is 1.58. The lowest BCUT2D eigenvalue weighted by Crippen LogP contribution is -2.13. The van der Waals surface area contributed by atoms with E-state index in [1.54, 1.807) is 43.8 Å². The lowest BCUT2D eigenvalue weighted by Gasteiger charge is -2.15. The Morgan fingerprint density at radius 1 is 1.10 bits per heavy atom. The maximum atomic E-state index is 11.9. The molecule has 2 heterocycles. The van der Waals surface area contributed by atoms with Crippen LogP contribution in [0.15, 0.2) is 60.9 Å². The predicted molar refractivity (Wildman–Crippen MR) is 119 cm³/mol. The summed E-state index contributed by atoms with van der Waals surface area (Å²) in [5.41, 5.74) is 7.85. The average molecular weight is 415 g/mol. The number of benzene rings is 2. The molecule has 0 saturated heterocycles. The maximum Gasteiger partial charge on any atom is 0.250 e. The molecule has 2 aromatic heterocycles. The van der Waals surface area contributed by atoms with Gasteiger partial charge in [-0.1, -0.05) is 12.1 Å². The Morgan fingerprint density at radius 2 is 1.94 bits per heavy atom. The van der Waals surface area contributed by atoms with Gasteiger partial charge < -0.3 is 20.5 Å². The van der Waals surface area contributed by atoms with E-state index in [0.717, 1.165) is 5.56 Å². The normalized spacial score (nSPS) is 10.6. The van der Waals surface area contributed by atoms with Gasteiger partial charge in [0.25, 0.3) is 5.91 Å². The maximum absolute atomic E-state index is 11.9. The number of anilines is 2. The largest absolute Gasteiger partial charge is 0.493 e. The molecule has 0 bridgehead atoms. The molecule has 156 valence electrons. The number of carbonyl (C=O) groups is 1. The van der Waals surface area contributed by atoms with Gasteiger partial charge in [0, 0.05) is 29.4 Å². The van der Waals surface area contributed by atoms with Crippen molar-refractivity contribution in [1.82, 2.24) is 15.0 Å². The minimum absolute atomic E-state index is 0.357. The van der Waals surface area contributed by atoms with Crippen molar-refractivity contribution in [3.8, 4) is 22.9 Å². The zero-order chi connectivity index (χ0) is 21.8. The molecule has 8 nitrogen and oxygen atoms in total. The molecule has 2 aromatic carbocycles. The molecule has 0 radical (unpaired) electrons. The molecule has 0 spiro atoms. The third-order valence-electron chi connectivity index (χ3n) is 4.65. The Morgan fingerprint density at radius 3 is 2.65 bits per heavy atom. The fraction of sp³-hybridized carbons (Fsp3) is 0.130. The first-order valence-electron chi connectivity index (χ1n) is 9.69. The lowest BCUT2D eigenvalue weighted by molar-refractivity contribution is 0.100. The predicted octanol–water partition coefficient (Wildman–Crippen LogP) is 3.94. The molecule has 8 heteroatoms. The third kappa shape index (κ3) is 4.09. The average Bonchev–Trinajstić information content (AvgIpc) is 2.79. The van der Waals surface area contributed by atoms with Gasteiger partial charge in [-0.25, -0.2) is 9.97 Å². The second-order valence-corrected chi connectivity index (χ2v) is 6.63. The second-order valence-electron chi connectivity index (χ2n) is 6.63. The number of ether oxygens (including phenoxy) is 2. The van der Waals surface area contributed by atoms with E-state index in [1.807, 2.05) is 31.2 Å². The Bertz CT molecular complexity index is 1240. The van der Waals surface area contributed by atoms with Crippen LogP contribution in [0.1, 0.15) is 17.3 Å². The van der Waals surface area contributed by atoms with Gasteiger partial charge in [0.2, 0.25) is 0 Å². The Balaban J connectivity index is 1.94. The molecule has 0 aliphatic heterocycles. The van der Waals surface area contributed by atoms with Crippen LogP contribution in [0.2, 0.25) is 0 Å². The van der Waals surface area contributed by atoms with Crippen molar-refractivity contribution in [2.75, 3.05) is 19.0 Å². The van der Waals surface area contributed by atoms with Gasteiger partial charge in [0.1, 0.15) is 5.82 Å². The first kappa shape index (κ1) is 20.1. The summed E-state index contributed by atoms with van der Waals surface area (Å²) in [6.45, 7) is 2.37. The highest BCUT2D eigenvalue weighted by molar-refractivity contribution is 6.01. The molecule has 31 heavy (non-hydrogen) atoms. The molecule has 0 unspecified atom stereocenters. The first-order valence-corrected chi connectivity index (χ1v) is 9.69. The number of hydrogen-bond donors (Lipinski definition) is 2. The van der Waals surface area contributed by atoms with E-state index in [1.165, 1.54) is 0 Å². The molecule has 0 fully saturated rings. The molecule has 0 atom stereocenters. The molecular formula is C23H21N5O3. The smallest absolute Gasteiger partial charge is 0.250 e. The van der Waals surface area contributed by atoms with Crippen molar-refractivity contribution in [1.29, 1.82) is 0 Å². The van der Waals surface area contributed by atoms with Gasteiger partial charge in [0.15, 0.2) is 17.3 Å². The van der Waals surface area contributed by atoms with Crippen molar-refractivity contribution in [2.45, 2.75) is 6.92 Å². The Hall–Kier alpha value is -4.20. The highest BCUT2D eigenvalue weighted by Gasteiger charge is 2.16. The standard InChI is InChI=1S/C23H21N5O3/c1-3-31-20-11-16-18(12-19(20)30-2)27-22(14-7-6-10-25-13-14)28-23(16)26-17-9-5-4-8-15(17)21(24)29/h4-13H,3H2,1-2H3,(H2,24,29)(H,26,27,28). The number of rotatable bonds is 7. The highest BCUT2D eigenvalue weighted by atomic mass is 16.5. The van der Waals surface area contributed by atoms with Crippen LogP contribution in [-0.4, -0.2) is 34.6 Å². The van der Waals surface area contributed by atoms with Crippen LogP contribution in [0.5, 0.6) is 11.5 Å². The van der Waals surface area contributed by atoms with Crippen molar-refractivity contribution in [3.63, 3.8) is 0 Å². The van der Waals surface area contributed by atoms with Crippen molar-refractivity contribution >= 4 is 28.3 Å². The van der Waals surface area contributed by atoms with E-state index in [-0.39, 0.29) is 0 Å². The van der Waals surface area contributed by atoms with Crippen LogP contribution in [0.25, 0.3) is 22.3 Å². The Labute approximate surface area is 179 Å². The minimum atomic E-state index is -0.536. The summed E-state index contributed by atoms with van der Waals surface area (Å²) in [4.78, 5) is 25.5. The number of nitrogens with one attached hydrogen (secondary N) is 1. The van der Waals surface area contributed by atoms with Crippen molar-refractivity contribution in [3.05, 3.63) is 66.5 Å². The number of primary amides is 1. The minimum Gasteiger partial charge on any atom is -0.493 e. The second kappa shape index (κ2) is 8.66. The van der Waals surface area contributed by atoms with Crippen molar-refractivity contribution in [2.24, 2.45) is 5.73 Å². The summed E-state index contributed by atoms with van der Waals surface area (Å²) in [5, 5.41) is 3.95. The fourth-order valence-electron chi connectivity index (χ4n) is 3.22. The molecule has 3 N–H and O–H groups in total. The number of aromatic nitrogens is 3. The summed E-state index contributed by atoms with van der Waals surface area (Å²) in [6.07, 6.45) is 3.37. The number of nitrogens with two attached hydrogens (primary N) is 1. The fourth-order valence-corrected chi connectivity index (χ4v) is 3.22. The number of pyridine rings is 1. The highest BCUT2D eigenvalue weighted by Crippen LogP contribution is 2.36. The number of fused-ring (bicyclic) bond motifs is 1. The van der Waals surface area contributed by atoms with Crippen LogP contribution in [0.3, 0.4) is 0 Å². The van der Waals surface area contributed by atoms with Gasteiger partial charge in [-0.15, -0.1) is 0 Å². The number of carbonyl (C=O) groups excluding carboxylic acids is 1. The zero-order valence-corrected chi connectivity index (χ0v) is 17.1. The van der Waals surface area contributed by atoms with Gasteiger partial charge in [0.05, 0.1) is 30.5 Å². The molecular weight excluding hydrogens is 394 g/mol. The quantitative estimate of drug-likeness (QED) is 0.470. The number of methoxy groups -OCH3 is 1. The van der Waals surface area contributed by atoms with E-state index in [0.29, 0.717) is 51.9 Å². The van der Waals surface area contributed by atoms with Crippen LogP contribution >= 0.6 is 0 Å². The van der Waals surface area contributed by atoms with Crippen LogP contribution in [0, 0.1) is 0 Å². The molecule has 0 aliphatic carbocycles. The first-order chi connectivity index (χ1) is 15.1. The van der Waals surface area contributed by atoms with E-state index in [4.69, 9.17) is 25.2 Å². The summed E-state index contributed by atoms with van der Waals surface area (Å²) >= 11 is 0. The molecule has 4 aromatic rings. The van der Waals surface area contributed by atoms with Gasteiger partial charge in [-0.2, -0.15) is 0 Å². The van der Waals surface area contributed by atoms with Crippen molar-refractivity contribution < 1.29 is 14.3 Å². The van der Waals surface area contributed by atoms with Crippen LogP contribution < -0.4 is 20.5 Å². The number of nitrogens with zero attached hydrogens (tertiary/aromatic N) is 3. The van der Waals surface area contributed by atoms with Gasteiger partial charge in [-0.3, -0.25) is 9.78 Å². The summed E-state index contributed by atoms with van der Waals surface area (Å²) in [5.74, 6) is 1.58. The van der Waals surface area contributed by atoms with Gasteiger partial charge >= 0.3 is 0 Å². The number of hydrogen-bond acceptors (Lipinski definition) is 7. The van der Waals surface area contributed by atoms with E-state index in [9.17, 15) is 4.79 Å². The SMILES string of the molecule is CCOc1cc2c(Nc3ccccc3C(N)=O)nc(-c3cccnc3)nc2cc1OC. The topological polar surface area (TPSA) is 112 Å². The molecule has 0 aliphatic rings. The van der Waals surface area contributed by atoms with E-state index < -0.39 is 5.91 Å². The summed E-state index contributed by atoms with van der Waals surface area (Å²) in [6, 6.07) is 14.3. The Kier molecular flexibility index (Phi) is 5.61. The zero-order valence-electron chi connectivity index (χ0n) is 17.1. The number of para-hydroxylation sites is 1. The third-order valence-corrected chi connectivity index (χ3v) is 4.65.